The van der Waals surface area contributed by atoms with E-state index < -0.39 is 0 Å². The molecule has 1 heterocycles. The summed E-state index contributed by atoms with van der Waals surface area (Å²) in [5, 5.41) is 17.2. The molecule has 0 aliphatic heterocycles. The number of nitrogens with zero attached hydrogens (tertiary/aromatic N) is 2. The van der Waals surface area contributed by atoms with Crippen LogP contribution in [-0.2, 0) is 0 Å². The molecular formula is C18H24N4O2. The van der Waals surface area contributed by atoms with Crippen LogP contribution in [0.4, 0.5) is 0 Å². The van der Waals surface area contributed by atoms with Crippen molar-refractivity contribution in [3.05, 3.63) is 41.2 Å². The first-order valence-electron chi connectivity index (χ1n) is 8.34. The van der Waals surface area contributed by atoms with Crippen molar-refractivity contribution in [2.75, 3.05) is 6.54 Å². The Kier molecular flexibility index (Phi) is 4.57. The van der Waals surface area contributed by atoms with E-state index in [0.29, 0.717) is 12.5 Å². The molecule has 6 nitrogen and oxygen atoms in total. The van der Waals surface area contributed by atoms with Crippen molar-refractivity contribution in [3.63, 3.8) is 0 Å². The highest BCUT2D eigenvalue weighted by molar-refractivity contribution is 5.94. The van der Waals surface area contributed by atoms with Gasteiger partial charge in [0.25, 0.3) is 5.91 Å². The Labute approximate surface area is 141 Å². The number of nitrogens with two attached hydrogens (primary N) is 1. The number of aryl methyl sites for hydroxylation is 1. The van der Waals surface area contributed by atoms with Crippen molar-refractivity contribution >= 4 is 5.91 Å². The smallest absolute Gasteiger partial charge is 0.275 e. The van der Waals surface area contributed by atoms with E-state index in [4.69, 9.17) is 5.73 Å². The second-order valence-electron chi connectivity index (χ2n) is 6.68. The van der Waals surface area contributed by atoms with Crippen molar-refractivity contribution < 1.29 is 9.90 Å². The van der Waals surface area contributed by atoms with Gasteiger partial charge in [0, 0.05) is 12.6 Å². The molecule has 6 heteroatoms. The summed E-state index contributed by atoms with van der Waals surface area (Å²) in [5.74, 6) is -0.0549. The molecule has 1 aliphatic carbocycles. The summed E-state index contributed by atoms with van der Waals surface area (Å²) in [6, 6.07) is 6.10. The number of aromatic hydroxyl groups is 1. The van der Waals surface area contributed by atoms with Crippen LogP contribution in [0.2, 0.25) is 0 Å². The fourth-order valence-electron chi connectivity index (χ4n) is 3.25. The first-order valence-corrected chi connectivity index (χ1v) is 8.34. The summed E-state index contributed by atoms with van der Waals surface area (Å²) >= 11 is 0. The number of rotatable bonds is 4. The van der Waals surface area contributed by atoms with E-state index in [-0.39, 0.29) is 23.4 Å². The maximum Gasteiger partial charge on any atom is 0.275 e. The SMILES string of the molecule is Cc1cccc(-n2cc(O)c(C(=O)NC[C@@H]3CC[C@H](N)C3)n2)c1C. The third kappa shape index (κ3) is 3.28. The fraction of sp³-hybridized carbons (Fsp3) is 0.444. The standard InChI is InChI=1S/C18H24N4O2/c1-11-4-3-5-15(12(11)2)22-10-16(23)17(21-22)18(24)20-9-13-6-7-14(19)8-13/h3-5,10,13-14,23H,6-9,19H2,1-2H3,(H,20,24)/t13-,14+/m1/s1. The Bertz CT molecular complexity index is 753. The van der Waals surface area contributed by atoms with E-state index in [9.17, 15) is 9.90 Å². The molecule has 1 amide bonds. The number of carbonyl (C=O) groups is 1. The highest BCUT2D eigenvalue weighted by Crippen LogP contribution is 2.24. The average molecular weight is 328 g/mol. The van der Waals surface area contributed by atoms with Crippen LogP contribution < -0.4 is 11.1 Å². The van der Waals surface area contributed by atoms with E-state index in [0.717, 1.165) is 36.1 Å². The van der Waals surface area contributed by atoms with Gasteiger partial charge in [0.05, 0.1) is 11.9 Å². The molecule has 0 saturated heterocycles. The molecule has 0 radical (unpaired) electrons. The van der Waals surface area contributed by atoms with Gasteiger partial charge in [-0.2, -0.15) is 5.10 Å². The molecule has 1 fully saturated rings. The minimum Gasteiger partial charge on any atom is -0.504 e. The molecule has 24 heavy (non-hydrogen) atoms. The number of carbonyl (C=O) groups excluding carboxylic acids is 1. The van der Waals surface area contributed by atoms with Crippen LogP contribution in [0.1, 0.15) is 40.9 Å². The van der Waals surface area contributed by atoms with Gasteiger partial charge in [-0.1, -0.05) is 12.1 Å². The average Bonchev–Trinajstić information content (AvgIpc) is 3.13. The lowest BCUT2D eigenvalue weighted by Crippen LogP contribution is -2.29. The second kappa shape index (κ2) is 6.65. The maximum absolute atomic E-state index is 12.3. The zero-order valence-corrected chi connectivity index (χ0v) is 14.1. The molecule has 0 unspecified atom stereocenters. The van der Waals surface area contributed by atoms with Gasteiger partial charge in [0.2, 0.25) is 0 Å². The van der Waals surface area contributed by atoms with Crippen LogP contribution >= 0.6 is 0 Å². The summed E-state index contributed by atoms with van der Waals surface area (Å²) in [5.41, 5.74) is 8.99. The zero-order chi connectivity index (χ0) is 17.3. The molecule has 0 bridgehead atoms. The monoisotopic (exact) mass is 328 g/mol. The number of benzene rings is 1. The lowest BCUT2D eigenvalue weighted by molar-refractivity contribution is 0.0939. The number of hydrogen-bond donors (Lipinski definition) is 3. The van der Waals surface area contributed by atoms with Gasteiger partial charge in [-0.15, -0.1) is 0 Å². The van der Waals surface area contributed by atoms with Crippen LogP contribution in [0.15, 0.2) is 24.4 Å². The highest BCUT2D eigenvalue weighted by Gasteiger charge is 2.24. The van der Waals surface area contributed by atoms with Crippen molar-refractivity contribution in [1.82, 2.24) is 15.1 Å². The van der Waals surface area contributed by atoms with Gasteiger partial charge in [-0.25, -0.2) is 4.68 Å². The Morgan fingerprint density at radius 1 is 1.42 bits per heavy atom. The van der Waals surface area contributed by atoms with Crippen LogP contribution in [-0.4, -0.2) is 33.4 Å². The molecule has 1 aromatic heterocycles. The molecular weight excluding hydrogens is 304 g/mol. The van der Waals surface area contributed by atoms with Crippen LogP contribution in [0, 0.1) is 19.8 Å². The first kappa shape index (κ1) is 16.5. The molecule has 0 spiro atoms. The number of aromatic nitrogens is 2. The van der Waals surface area contributed by atoms with E-state index in [2.05, 4.69) is 10.4 Å². The minimum absolute atomic E-state index is 0.0539. The lowest BCUT2D eigenvalue weighted by atomic mass is 10.1. The summed E-state index contributed by atoms with van der Waals surface area (Å²) < 4.78 is 1.55. The summed E-state index contributed by atoms with van der Waals surface area (Å²) in [6.45, 7) is 4.58. The zero-order valence-electron chi connectivity index (χ0n) is 14.1. The molecule has 3 rings (SSSR count). The largest absolute Gasteiger partial charge is 0.504 e. The van der Waals surface area contributed by atoms with Crippen molar-refractivity contribution in [2.45, 2.75) is 39.2 Å². The van der Waals surface area contributed by atoms with Crippen molar-refractivity contribution in [2.24, 2.45) is 11.7 Å². The van der Waals surface area contributed by atoms with Gasteiger partial charge in [0.15, 0.2) is 11.4 Å². The summed E-state index contributed by atoms with van der Waals surface area (Å²) in [4.78, 5) is 12.3. The van der Waals surface area contributed by atoms with Crippen LogP contribution in [0.5, 0.6) is 5.75 Å². The van der Waals surface area contributed by atoms with Gasteiger partial charge < -0.3 is 16.2 Å². The van der Waals surface area contributed by atoms with Gasteiger partial charge >= 0.3 is 0 Å². The number of nitrogens with one attached hydrogen (secondary N) is 1. The molecule has 128 valence electrons. The lowest BCUT2D eigenvalue weighted by Gasteiger charge is -2.10. The normalized spacial score (nSPS) is 20.3. The predicted molar refractivity (Wildman–Crippen MR) is 92.4 cm³/mol. The molecule has 1 aromatic carbocycles. The third-order valence-corrected chi connectivity index (χ3v) is 4.87. The number of hydrogen-bond acceptors (Lipinski definition) is 4. The quantitative estimate of drug-likeness (QED) is 0.801. The molecule has 2 atom stereocenters. The molecule has 1 saturated carbocycles. The molecule has 4 N–H and O–H groups in total. The Balaban J connectivity index is 1.74. The highest BCUT2D eigenvalue weighted by atomic mass is 16.3. The van der Waals surface area contributed by atoms with Gasteiger partial charge in [0.1, 0.15) is 0 Å². The number of amides is 1. The first-order chi connectivity index (χ1) is 11.5. The topological polar surface area (TPSA) is 93.2 Å². The Morgan fingerprint density at radius 2 is 2.21 bits per heavy atom. The minimum atomic E-state index is -0.350. The van der Waals surface area contributed by atoms with E-state index in [1.807, 2.05) is 32.0 Å². The second-order valence-corrected chi connectivity index (χ2v) is 6.68. The van der Waals surface area contributed by atoms with Crippen LogP contribution in [0.25, 0.3) is 5.69 Å². The molecule has 1 aliphatic rings. The van der Waals surface area contributed by atoms with Crippen LogP contribution in [0.3, 0.4) is 0 Å². The van der Waals surface area contributed by atoms with Crippen molar-refractivity contribution in [1.29, 1.82) is 0 Å². The van der Waals surface area contributed by atoms with Gasteiger partial charge in [-0.3, -0.25) is 4.79 Å². The fourth-order valence-corrected chi connectivity index (χ4v) is 3.25. The Morgan fingerprint density at radius 3 is 2.92 bits per heavy atom. The maximum atomic E-state index is 12.3. The van der Waals surface area contributed by atoms with E-state index >= 15 is 0 Å². The van der Waals surface area contributed by atoms with E-state index in [1.165, 1.54) is 6.20 Å². The van der Waals surface area contributed by atoms with Gasteiger partial charge in [-0.05, 0) is 56.2 Å². The third-order valence-electron chi connectivity index (χ3n) is 4.87. The summed E-state index contributed by atoms with van der Waals surface area (Å²) in [6.07, 6.45) is 4.45. The van der Waals surface area contributed by atoms with Crippen molar-refractivity contribution in [3.8, 4) is 11.4 Å². The molecule has 2 aromatic rings. The summed E-state index contributed by atoms with van der Waals surface area (Å²) in [7, 11) is 0. The van der Waals surface area contributed by atoms with E-state index in [1.54, 1.807) is 4.68 Å². The predicted octanol–water partition coefficient (Wildman–Crippen LogP) is 2.05. The Hall–Kier alpha value is -2.34.